The van der Waals surface area contributed by atoms with Crippen molar-refractivity contribution < 1.29 is 19.7 Å². The molecule has 0 aliphatic heterocycles. The lowest BCUT2D eigenvalue weighted by Gasteiger charge is -2.04. The summed E-state index contributed by atoms with van der Waals surface area (Å²) in [7, 11) is 0. The summed E-state index contributed by atoms with van der Waals surface area (Å²) in [4.78, 5) is 33.8. The van der Waals surface area contributed by atoms with E-state index in [2.05, 4.69) is 10.3 Å². The number of phenolic OH excluding ortho intramolecular Hbond substituents is 1. The van der Waals surface area contributed by atoms with Crippen LogP contribution < -0.4 is 5.32 Å². The van der Waals surface area contributed by atoms with Crippen LogP contribution in [-0.4, -0.2) is 25.8 Å². The molecule has 1 amide bonds. The Hall–Kier alpha value is -3.43. The maximum Gasteiger partial charge on any atom is 0.321 e. The van der Waals surface area contributed by atoms with Gasteiger partial charge in [0.05, 0.1) is 10.6 Å². The number of phenols is 1. The van der Waals surface area contributed by atoms with Crippen molar-refractivity contribution in [1.29, 1.82) is 0 Å². The molecule has 21 heavy (non-hydrogen) atoms. The van der Waals surface area contributed by atoms with Gasteiger partial charge in [-0.15, -0.1) is 0 Å². The topological polar surface area (TPSA) is 151 Å². The summed E-state index contributed by atoms with van der Waals surface area (Å²) < 4.78 is 0. The number of amides is 1. The van der Waals surface area contributed by atoms with E-state index in [1.165, 1.54) is 6.07 Å². The van der Waals surface area contributed by atoms with Crippen LogP contribution in [-0.2, 0) is 0 Å². The van der Waals surface area contributed by atoms with Gasteiger partial charge in [-0.2, -0.15) is 0 Å². The molecule has 2 rings (SSSR count). The summed E-state index contributed by atoms with van der Waals surface area (Å²) in [5.41, 5.74) is -0.611. The van der Waals surface area contributed by atoms with Crippen molar-refractivity contribution in [2.45, 2.75) is 0 Å². The summed E-state index contributed by atoms with van der Waals surface area (Å²) in [5, 5.41) is 32.9. The number of hydrogen-bond acceptors (Lipinski definition) is 6. The largest absolute Gasteiger partial charge is 0.506 e. The molecule has 0 aliphatic carbocycles. The van der Waals surface area contributed by atoms with Crippen LogP contribution in [0.4, 0.5) is 17.2 Å². The van der Waals surface area contributed by atoms with Gasteiger partial charge >= 0.3 is 5.82 Å². The molecule has 10 nitrogen and oxygen atoms in total. The number of carbonyl (C=O) groups is 1. The Bertz CT molecular complexity index is 738. The number of aromatic amines is 1. The Labute approximate surface area is 116 Å². The van der Waals surface area contributed by atoms with Gasteiger partial charge in [0.15, 0.2) is 5.69 Å². The van der Waals surface area contributed by atoms with E-state index in [4.69, 9.17) is 0 Å². The van der Waals surface area contributed by atoms with Crippen LogP contribution in [0.15, 0.2) is 30.3 Å². The molecule has 0 saturated heterocycles. The highest BCUT2D eigenvalue weighted by molar-refractivity contribution is 6.04. The van der Waals surface area contributed by atoms with Crippen LogP contribution in [0.2, 0.25) is 0 Å². The van der Waals surface area contributed by atoms with E-state index in [1.807, 2.05) is 0 Å². The number of aromatic nitrogens is 1. The molecule has 0 radical (unpaired) electrons. The average Bonchev–Trinajstić information content (AvgIpc) is 2.90. The third kappa shape index (κ3) is 2.94. The fraction of sp³-hybridized carbons (Fsp3) is 0. The molecular formula is C11H8N4O6. The van der Waals surface area contributed by atoms with Crippen LogP contribution in [0.3, 0.4) is 0 Å². The van der Waals surface area contributed by atoms with Gasteiger partial charge < -0.3 is 20.5 Å². The van der Waals surface area contributed by atoms with Crippen LogP contribution in [0.1, 0.15) is 10.5 Å². The summed E-state index contributed by atoms with van der Waals surface area (Å²) in [5.74, 6) is -1.52. The Morgan fingerprint density at radius 2 is 1.86 bits per heavy atom. The number of rotatable bonds is 4. The Morgan fingerprint density at radius 3 is 2.43 bits per heavy atom. The van der Waals surface area contributed by atoms with E-state index in [9.17, 15) is 30.1 Å². The highest BCUT2D eigenvalue weighted by Gasteiger charge is 2.18. The normalized spacial score (nSPS) is 10.1. The number of anilines is 1. The quantitative estimate of drug-likeness (QED) is 0.443. The molecule has 0 atom stereocenters. The Morgan fingerprint density at radius 1 is 1.14 bits per heavy atom. The minimum Gasteiger partial charge on any atom is -0.506 e. The lowest BCUT2D eigenvalue weighted by atomic mass is 10.2. The molecule has 0 bridgehead atoms. The maximum absolute atomic E-state index is 11.8. The highest BCUT2D eigenvalue weighted by atomic mass is 16.6. The predicted octanol–water partition coefficient (Wildman–Crippen LogP) is 1.79. The number of nitrogens with one attached hydrogen (secondary N) is 2. The average molecular weight is 292 g/mol. The molecule has 0 aliphatic rings. The van der Waals surface area contributed by atoms with Gasteiger partial charge in [-0.05, 0) is 17.1 Å². The molecule has 3 N–H and O–H groups in total. The van der Waals surface area contributed by atoms with Crippen LogP contribution >= 0.6 is 0 Å². The number of benzene rings is 1. The first kappa shape index (κ1) is 14.0. The molecule has 1 aromatic carbocycles. The molecule has 1 heterocycles. The molecule has 0 saturated carbocycles. The lowest BCUT2D eigenvalue weighted by Crippen LogP contribution is -2.12. The van der Waals surface area contributed by atoms with Crippen molar-refractivity contribution >= 4 is 23.1 Å². The number of nitro groups is 2. The first-order valence-corrected chi connectivity index (χ1v) is 5.50. The number of nitrogens with zero attached hydrogens (tertiary/aromatic N) is 2. The van der Waals surface area contributed by atoms with Gasteiger partial charge in [-0.25, -0.2) is 4.98 Å². The number of hydrogen-bond donors (Lipinski definition) is 3. The van der Waals surface area contributed by atoms with E-state index in [0.717, 1.165) is 24.3 Å². The molecule has 10 heteroatoms. The molecular weight excluding hydrogens is 284 g/mol. The van der Waals surface area contributed by atoms with E-state index in [0.29, 0.717) is 0 Å². The minimum absolute atomic E-state index is 0.118. The third-order valence-electron chi connectivity index (χ3n) is 2.55. The first-order chi connectivity index (χ1) is 9.88. The van der Waals surface area contributed by atoms with Crippen molar-refractivity contribution in [3.63, 3.8) is 0 Å². The summed E-state index contributed by atoms with van der Waals surface area (Å²) >= 11 is 0. The van der Waals surface area contributed by atoms with Crippen molar-refractivity contribution in [3.05, 3.63) is 56.3 Å². The number of nitro benzene ring substituents is 1. The van der Waals surface area contributed by atoms with Crippen molar-refractivity contribution in [2.75, 3.05) is 5.32 Å². The lowest BCUT2D eigenvalue weighted by molar-refractivity contribution is -0.389. The van der Waals surface area contributed by atoms with E-state index < -0.39 is 15.8 Å². The first-order valence-electron chi connectivity index (χ1n) is 5.50. The summed E-state index contributed by atoms with van der Waals surface area (Å²) in [6.07, 6.45) is 0. The maximum atomic E-state index is 11.8. The zero-order chi connectivity index (χ0) is 15.6. The van der Waals surface area contributed by atoms with E-state index in [1.54, 1.807) is 0 Å². The van der Waals surface area contributed by atoms with Crippen LogP contribution in [0.5, 0.6) is 5.75 Å². The number of aromatic hydroxyl groups is 1. The summed E-state index contributed by atoms with van der Waals surface area (Å²) in [6.45, 7) is 0. The Balaban J connectivity index is 2.24. The van der Waals surface area contributed by atoms with Gasteiger partial charge in [-0.1, -0.05) is 0 Å². The zero-order valence-corrected chi connectivity index (χ0v) is 10.3. The van der Waals surface area contributed by atoms with Crippen LogP contribution in [0, 0.1) is 20.2 Å². The number of non-ortho nitro benzene ring substituents is 1. The molecule has 0 unspecified atom stereocenters. The SMILES string of the molecule is O=C(Nc1cc([N+](=O)[O-])ccc1O)c1ccc([N+](=O)[O-])[nH]1. The standard InChI is InChI=1S/C11H8N4O6/c16-9-3-1-6(14(18)19)5-8(9)13-11(17)7-2-4-10(12-7)15(20)21/h1-5,12,16H,(H,13,17). The number of H-pyrrole nitrogens is 1. The zero-order valence-electron chi connectivity index (χ0n) is 10.3. The molecule has 0 spiro atoms. The number of carbonyl (C=O) groups excluding carboxylic acids is 1. The molecule has 0 fully saturated rings. The molecule has 1 aromatic heterocycles. The fourth-order valence-electron chi connectivity index (χ4n) is 1.55. The van der Waals surface area contributed by atoms with E-state index >= 15 is 0 Å². The minimum atomic E-state index is -0.779. The smallest absolute Gasteiger partial charge is 0.321 e. The van der Waals surface area contributed by atoms with Crippen molar-refractivity contribution in [2.24, 2.45) is 0 Å². The van der Waals surface area contributed by atoms with E-state index in [-0.39, 0.29) is 28.6 Å². The van der Waals surface area contributed by atoms with Crippen LogP contribution in [0.25, 0.3) is 0 Å². The second kappa shape index (κ2) is 5.28. The highest BCUT2D eigenvalue weighted by Crippen LogP contribution is 2.28. The monoisotopic (exact) mass is 292 g/mol. The molecule has 2 aromatic rings. The summed E-state index contributed by atoms with van der Waals surface area (Å²) in [6, 6.07) is 5.39. The second-order valence-electron chi connectivity index (χ2n) is 3.93. The third-order valence-corrected chi connectivity index (χ3v) is 2.55. The second-order valence-corrected chi connectivity index (χ2v) is 3.93. The van der Waals surface area contributed by atoms with Gasteiger partial charge in [0, 0.05) is 18.2 Å². The molecule has 108 valence electrons. The van der Waals surface area contributed by atoms with Crippen molar-refractivity contribution in [3.8, 4) is 5.75 Å². The van der Waals surface area contributed by atoms with Crippen molar-refractivity contribution in [1.82, 2.24) is 4.98 Å². The van der Waals surface area contributed by atoms with Gasteiger partial charge in [0.1, 0.15) is 5.75 Å². The van der Waals surface area contributed by atoms with Gasteiger partial charge in [-0.3, -0.25) is 14.9 Å². The predicted molar refractivity (Wildman–Crippen MR) is 70.2 cm³/mol. The van der Waals surface area contributed by atoms with Gasteiger partial charge in [0.2, 0.25) is 0 Å². The van der Waals surface area contributed by atoms with Gasteiger partial charge in [0.25, 0.3) is 11.6 Å². The fourth-order valence-corrected chi connectivity index (χ4v) is 1.55. The Kier molecular flexibility index (Phi) is 3.52.